The lowest BCUT2D eigenvalue weighted by Gasteiger charge is -2.26. The number of carbonyl (C=O) groups is 1. The van der Waals surface area contributed by atoms with E-state index in [-0.39, 0.29) is 5.60 Å². The minimum Gasteiger partial charge on any atom is -0.478 e. The summed E-state index contributed by atoms with van der Waals surface area (Å²) >= 11 is 0. The van der Waals surface area contributed by atoms with Gasteiger partial charge in [-0.2, -0.15) is 0 Å². The molecule has 1 fully saturated rings. The number of nitrogens with one attached hydrogen (secondary N) is 1. The van der Waals surface area contributed by atoms with E-state index < -0.39 is 5.97 Å². The average Bonchev–Trinajstić information content (AvgIpc) is 2.85. The zero-order valence-electron chi connectivity index (χ0n) is 11.2. The topological polar surface area (TPSA) is 67.8 Å². The second-order valence-electron chi connectivity index (χ2n) is 4.88. The van der Waals surface area contributed by atoms with Crippen LogP contribution in [0, 0.1) is 6.92 Å². The Morgan fingerprint density at radius 3 is 2.89 bits per heavy atom. The highest BCUT2D eigenvalue weighted by Crippen LogP contribution is 2.24. The summed E-state index contributed by atoms with van der Waals surface area (Å²) in [5.41, 5.74) is 1.69. The molecule has 1 saturated heterocycles. The summed E-state index contributed by atoms with van der Waals surface area (Å²) in [5, 5.41) is 12.3. The zero-order chi connectivity index (χ0) is 13.9. The fourth-order valence-electron chi connectivity index (χ4n) is 2.24. The third kappa shape index (κ3) is 3.05. The van der Waals surface area contributed by atoms with E-state index in [1.54, 1.807) is 26.2 Å². The third-order valence-corrected chi connectivity index (χ3v) is 3.57. The van der Waals surface area contributed by atoms with Gasteiger partial charge in [0.05, 0.1) is 12.2 Å². The predicted molar refractivity (Wildman–Crippen MR) is 71.8 cm³/mol. The number of benzene rings is 1. The van der Waals surface area contributed by atoms with Gasteiger partial charge >= 0.3 is 5.97 Å². The van der Waals surface area contributed by atoms with Crippen molar-refractivity contribution in [2.75, 3.05) is 32.2 Å². The molecule has 1 aromatic rings. The summed E-state index contributed by atoms with van der Waals surface area (Å²) in [6.07, 6.45) is 0.864. The SMILES string of the molecule is COC1(CNc2ccc(C(=O)O)c(C)c2)CCOC1. The van der Waals surface area contributed by atoms with E-state index in [4.69, 9.17) is 14.6 Å². The number of hydrogen-bond acceptors (Lipinski definition) is 4. The molecule has 0 aliphatic carbocycles. The number of methoxy groups -OCH3 is 1. The Morgan fingerprint density at radius 1 is 1.58 bits per heavy atom. The molecule has 2 rings (SSSR count). The second kappa shape index (κ2) is 5.59. The van der Waals surface area contributed by atoms with Crippen LogP contribution in [-0.4, -0.2) is 43.5 Å². The van der Waals surface area contributed by atoms with Crippen LogP contribution < -0.4 is 5.32 Å². The van der Waals surface area contributed by atoms with Gasteiger partial charge in [-0.1, -0.05) is 0 Å². The zero-order valence-corrected chi connectivity index (χ0v) is 11.2. The number of rotatable bonds is 5. The number of hydrogen-bond donors (Lipinski definition) is 2. The van der Waals surface area contributed by atoms with Gasteiger partial charge in [-0.15, -0.1) is 0 Å². The molecule has 0 aromatic heterocycles. The first-order valence-corrected chi connectivity index (χ1v) is 6.27. The second-order valence-corrected chi connectivity index (χ2v) is 4.88. The molecule has 5 heteroatoms. The van der Waals surface area contributed by atoms with Crippen molar-refractivity contribution in [1.82, 2.24) is 0 Å². The number of anilines is 1. The van der Waals surface area contributed by atoms with Crippen LogP contribution in [0.3, 0.4) is 0 Å². The van der Waals surface area contributed by atoms with Crippen molar-refractivity contribution in [2.24, 2.45) is 0 Å². The molecule has 104 valence electrons. The summed E-state index contributed by atoms with van der Waals surface area (Å²) < 4.78 is 10.9. The van der Waals surface area contributed by atoms with E-state index in [0.717, 1.165) is 17.7 Å². The smallest absolute Gasteiger partial charge is 0.335 e. The summed E-state index contributed by atoms with van der Waals surface area (Å²) in [7, 11) is 1.69. The normalized spacial score (nSPS) is 22.4. The van der Waals surface area contributed by atoms with Crippen molar-refractivity contribution in [1.29, 1.82) is 0 Å². The molecule has 1 aromatic carbocycles. The lowest BCUT2D eigenvalue weighted by atomic mass is 10.0. The van der Waals surface area contributed by atoms with Crippen LogP contribution in [0.25, 0.3) is 0 Å². The Labute approximate surface area is 112 Å². The monoisotopic (exact) mass is 265 g/mol. The molecule has 1 heterocycles. The van der Waals surface area contributed by atoms with Crippen LogP contribution >= 0.6 is 0 Å². The molecule has 1 aliphatic heterocycles. The van der Waals surface area contributed by atoms with E-state index in [2.05, 4.69) is 5.32 Å². The lowest BCUT2D eigenvalue weighted by Crippen LogP contribution is -2.39. The first kappa shape index (κ1) is 13.8. The van der Waals surface area contributed by atoms with Crippen LogP contribution in [0.15, 0.2) is 18.2 Å². The Morgan fingerprint density at radius 2 is 2.37 bits per heavy atom. The van der Waals surface area contributed by atoms with Gasteiger partial charge in [0.1, 0.15) is 5.60 Å². The Bertz CT molecular complexity index is 467. The average molecular weight is 265 g/mol. The number of ether oxygens (including phenoxy) is 2. The maximum atomic E-state index is 10.9. The molecule has 19 heavy (non-hydrogen) atoms. The standard InChI is InChI=1S/C14H19NO4/c1-10-7-11(3-4-12(10)13(16)17)15-8-14(18-2)5-6-19-9-14/h3-4,7,15H,5-6,8-9H2,1-2H3,(H,16,17). The molecule has 0 spiro atoms. The van der Waals surface area contributed by atoms with Crippen molar-refractivity contribution in [3.63, 3.8) is 0 Å². The van der Waals surface area contributed by atoms with Crippen LogP contribution in [-0.2, 0) is 9.47 Å². The van der Waals surface area contributed by atoms with Crippen molar-refractivity contribution in [2.45, 2.75) is 18.9 Å². The lowest BCUT2D eigenvalue weighted by molar-refractivity contribution is -0.00620. The van der Waals surface area contributed by atoms with E-state index in [1.807, 2.05) is 6.07 Å². The highest BCUT2D eigenvalue weighted by Gasteiger charge is 2.34. The van der Waals surface area contributed by atoms with Crippen LogP contribution in [0.5, 0.6) is 0 Å². The van der Waals surface area contributed by atoms with Gasteiger partial charge in [0.2, 0.25) is 0 Å². The quantitative estimate of drug-likeness (QED) is 0.851. The maximum absolute atomic E-state index is 10.9. The van der Waals surface area contributed by atoms with Gasteiger partial charge < -0.3 is 19.9 Å². The van der Waals surface area contributed by atoms with Crippen molar-refractivity contribution < 1.29 is 19.4 Å². The van der Waals surface area contributed by atoms with Gasteiger partial charge in [0, 0.05) is 32.4 Å². The van der Waals surface area contributed by atoms with Gasteiger partial charge in [-0.25, -0.2) is 4.79 Å². The molecular formula is C14H19NO4. The third-order valence-electron chi connectivity index (χ3n) is 3.57. The van der Waals surface area contributed by atoms with E-state index in [1.165, 1.54) is 0 Å². The molecule has 1 unspecified atom stereocenters. The summed E-state index contributed by atoms with van der Waals surface area (Å²) in [4.78, 5) is 10.9. The van der Waals surface area contributed by atoms with E-state index in [9.17, 15) is 4.79 Å². The molecule has 0 amide bonds. The first-order valence-electron chi connectivity index (χ1n) is 6.27. The molecule has 1 aliphatic rings. The molecule has 2 N–H and O–H groups in total. The maximum Gasteiger partial charge on any atom is 0.335 e. The van der Waals surface area contributed by atoms with Gasteiger partial charge in [-0.3, -0.25) is 0 Å². The largest absolute Gasteiger partial charge is 0.478 e. The molecule has 5 nitrogen and oxygen atoms in total. The van der Waals surface area contributed by atoms with E-state index >= 15 is 0 Å². The van der Waals surface area contributed by atoms with E-state index in [0.29, 0.717) is 25.3 Å². The highest BCUT2D eigenvalue weighted by molar-refractivity contribution is 5.89. The highest BCUT2D eigenvalue weighted by atomic mass is 16.5. The molecule has 0 radical (unpaired) electrons. The molecule has 0 saturated carbocycles. The van der Waals surface area contributed by atoms with Crippen molar-refractivity contribution in [3.8, 4) is 0 Å². The van der Waals surface area contributed by atoms with Gasteiger partial charge in [-0.05, 0) is 30.7 Å². The van der Waals surface area contributed by atoms with Crippen LogP contribution in [0.1, 0.15) is 22.3 Å². The fraction of sp³-hybridized carbons (Fsp3) is 0.500. The predicted octanol–water partition coefficient (Wildman–Crippen LogP) is 1.91. The number of aryl methyl sites for hydroxylation is 1. The first-order chi connectivity index (χ1) is 9.06. The molecule has 1 atom stereocenters. The summed E-state index contributed by atoms with van der Waals surface area (Å²) in [5.74, 6) is -0.901. The molecular weight excluding hydrogens is 246 g/mol. The summed E-state index contributed by atoms with van der Waals surface area (Å²) in [6.45, 7) is 3.74. The minimum absolute atomic E-state index is 0.278. The Hall–Kier alpha value is -1.59. The summed E-state index contributed by atoms with van der Waals surface area (Å²) in [6, 6.07) is 5.23. The molecule has 0 bridgehead atoms. The number of carboxylic acid groups (broad SMARTS) is 1. The van der Waals surface area contributed by atoms with Crippen LogP contribution in [0.2, 0.25) is 0 Å². The Kier molecular flexibility index (Phi) is 4.07. The minimum atomic E-state index is -0.901. The fourth-order valence-corrected chi connectivity index (χ4v) is 2.24. The van der Waals surface area contributed by atoms with Gasteiger partial charge in [0.15, 0.2) is 0 Å². The van der Waals surface area contributed by atoms with Crippen molar-refractivity contribution in [3.05, 3.63) is 29.3 Å². The van der Waals surface area contributed by atoms with Crippen LogP contribution in [0.4, 0.5) is 5.69 Å². The van der Waals surface area contributed by atoms with Gasteiger partial charge in [0.25, 0.3) is 0 Å². The van der Waals surface area contributed by atoms with Crippen molar-refractivity contribution >= 4 is 11.7 Å². The number of carboxylic acids is 1. The number of aromatic carboxylic acids is 1. The Balaban J connectivity index is 2.03.